The van der Waals surface area contributed by atoms with Crippen molar-refractivity contribution in [3.63, 3.8) is 0 Å². The molecule has 7 heteroatoms. The molecule has 76 valence electrons. The molecule has 0 atom stereocenters. The van der Waals surface area contributed by atoms with Crippen LogP contribution in [0.25, 0.3) is 0 Å². The molecule has 0 aliphatic carbocycles. The number of rotatable bonds is 1. The van der Waals surface area contributed by atoms with Crippen LogP contribution in [0.3, 0.4) is 0 Å². The normalized spacial score (nSPS) is 11.4. The Morgan fingerprint density at radius 1 is 1.36 bits per heavy atom. The first-order chi connectivity index (χ1) is 6.32. The second kappa shape index (κ2) is 3.17. The van der Waals surface area contributed by atoms with Crippen molar-refractivity contribution in [1.82, 2.24) is 0 Å². The molecule has 0 aliphatic rings. The molecule has 1 heterocycles. The standard InChI is InChI=1S/C7H3F3O4/c8-7(9,10)5-3(6(12)13)1-2-4(11)14-5/h1-2H,(H,12,13). The van der Waals surface area contributed by atoms with Crippen LogP contribution < -0.4 is 5.63 Å². The van der Waals surface area contributed by atoms with Crippen LogP contribution >= 0.6 is 0 Å². The molecule has 1 aromatic rings. The zero-order valence-corrected chi connectivity index (χ0v) is 6.46. The zero-order chi connectivity index (χ0) is 10.9. The van der Waals surface area contributed by atoms with Gasteiger partial charge in [0.25, 0.3) is 0 Å². The molecule has 0 fully saturated rings. The van der Waals surface area contributed by atoms with Gasteiger partial charge in [-0.3, -0.25) is 0 Å². The average molecular weight is 208 g/mol. The Labute approximate surface area is 74.6 Å². The van der Waals surface area contributed by atoms with E-state index < -0.39 is 29.1 Å². The third-order valence-corrected chi connectivity index (χ3v) is 1.32. The summed E-state index contributed by atoms with van der Waals surface area (Å²) in [4.78, 5) is 20.8. The smallest absolute Gasteiger partial charge is 0.450 e. The lowest BCUT2D eigenvalue weighted by Gasteiger charge is -2.06. The maximum absolute atomic E-state index is 12.1. The van der Waals surface area contributed by atoms with Crippen molar-refractivity contribution in [2.24, 2.45) is 0 Å². The maximum Gasteiger partial charge on any atom is 0.450 e. The van der Waals surface area contributed by atoms with E-state index in [1.807, 2.05) is 0 Å². The first kappa shape index (κ1) is 10.3. The molecule has 0 bridgehead atoms. The third-order valence-electron chi connectivity index (χ3n) is 1.32. The van der Waals surface area contributed by atoms with E-state index in [1.54, 1.807) is 0 Å². The molecular weight excluding hydrogens is 205 g/mol. The topological polar surface area (TPSA) is 67.5 Å². The van der Waals surface area contributed by atoms with Crippen LogP contribution in [0, 0.1) is 0 Å². The van der Waals surface area contributed by atoms with Gasteiger partial charge < -0.3 is 9.52 Å². The number of carboxylic acids is 1. The molecule has 0 amide bonds. The quantitative estimate of drug-likeness (QED) is 0.756. The summed E-state index contributed by atoms with van der Waals surface area (Å²) in [6.45, 7) is 0. The first-order valence-electron chi connectivity index (χ1n) is 3.27. The summed E-state index contributed by atoms with van der Waals surface area (Å²) in [7, 11) is 0. The Hall–Kier alpha value is -1.79. The van der Waals surface area contributed by atoms with Crippen molar-refractivity contribution < 1.29 is 27.5 Å². The Morgan fingerprint density at radius 2 is 1.93 bits per heavy atom. The van der Waals surface area contributed by atoms with Gasteiger partial charge in [-0.15, -0.1) is 0 Å². The highest BCUT2D eigenvalue weighted by molar-refractivity contribution is 5.88. The van der Waals surface area contributed by atoms with Gasteiger partial charge in [0.2, 0.25) is 5.76 Å². The summed E-state index contributed by atoms with van der Waals surface area (Å²) in [5.74, 6) is -3.60. The fraction of sp³-hybridized carbons (Fsp3) is 0.143. The molecule has 0 unspecified atom stereocenters. The van der Waals surface area contributed by atoms with Gasteiger partial charge in [-0.2, -0.15) is 13.2 Å². The van der Waals surface area contributed by atoms with Crippen LogP contribution in [0.2, 0.25) is 0 Å². The molecule has 0 spiro atoms. The summed E-state index contributed by atoms with van der Waals surface area (Å²) in [5, 5.41) is 8.36. The SMILES string of the molecule is O=C(O)c1ccc(=O)oc1C(F)(F)F. The van der Waals surface area contributed by atoms with Gasteiger partial charge >= 0.3 is 17.8 Å². The second-order valence-corrected chi connectivity index (χ2v) is 2.30. The molecule has 0 radical (unpaired) electrons. The minimum atomic E-state index is -4.99. The van der Waals surface area contributed by atoms with Gasteiger partial charge in [-0.05, 0) is 6.07 Å². The Bertz CT molecular complexity index is 418. The van der Waals surface area contributed by atoms with Crippen molar-refractivity contribution in [3.8, 4) is 0 Å². The van der Waals surface area contributed by atoms with Gasteiger partial charge in [0.05, 0.1) is 0 Å². The van der Waals surface area contributed by atoms with E-state index in [9.17, 15) is 22.8 Å². The monoisotopic (exact) mass is 208 g/mol. The van der Waals surface area contributed by atoms with E-state index in [4.69, 9.17) is 5.11 Å². The largest absolute Gasteiger partial charge is 0.478 e. The minimum absolute atomic E-state index is 0.553. The number of alkyl halides is 3. The van der Waals surface area contributed by atoms with E-state index in [1.165, 1.54) is 0 Å². The summed E-state index contributed by atoms with van der Waals surface area (Å²) < 4.78 is 40.1. The minimum Gasteiger partial charge on any atom is -0.478 e. The van der Waals surface area contributed by atoms with Crippen LogP contribution in [-0.4, -0.2) is 11.1 Å². The van der Waals surface area contributed by atoms with E-state index in [-0.39, 0.29) is 0 Å². The maximum atomic E-state index is 12.1. The summed E-state index contributed by atoms with van der Waals surface area (Å²) in [6.07, 6.45) is -4.99. The van der Waals surface area contributed by atoms with Gasteiger partial charge in [0, 0.05) is 6.07 Å². The van der Waals surface area contributed by atoms with Crippen molar-refractivity contribution in [1.29, 1.82) is 0 Å². The number of aromatic carboxylic acids is 1. The molecule has 14 heavy (non-hydrogen) atoms. The Kier molecular flexibility index (Phi) is 2.33. The highest BCUT2D eigenvalue weighted by Gasteiger charge is 2.39. The van der Waals surface area contributed by atoms with Crippen LogP contribution in [0.5, 0.6) is 0 Å². The summed E-state index contributed by atoms with van der Waals surface area (Å²) in [6, 6.07) is 1.16. The lowest BCUT2D eigenvalue weighted by molar-refractivity contribution is -0.155. The molecular formula is C7H3F3O4. The van der Waals surface area contributed by atoms with Gasteiger partial charge in [0.15, 0.2) is 0 Å². The van der Waals surface area contributed by atoms with E-state index in [2.05, 4.69) is 4.42 Å². The molecule has 1 rings (SSSR count). The molecule has 0 aliphatic heterocycles. The third kappa shape index (κ3) is 1.93. The predicted molar refractivity (Wildman–Crippen MR) is 36.9 cm³/mol. The zero-order valence-electron chi connectivity index (χ0n) is 6.46. The van der Waals surface area contributed by atoms with E-state index in [0.29, 0.717) is 12.1 Å². The molecule has 0 saturated heterocycles. The van der Waals surface area contributed by atoms with Crippen LogP contribution in [0.4, 0.5) is 13.2 Å². The number of hydrogen-bond acceptors (Lipinski definition) is 3. The number of carboxylic acid groups (broad SMARTS) is 1. The fourth-order valence-electron chi connectivity index (χ4n) is 0.796. The van der Waals surface area contributed by atoms with Crippen molar-refractivity contribution >= 4 is 5.97 Å². The molecule has 1 N–H and O–H groups in total. The molecule has 0 aromatic carbocycles. The van der Waals surface area contributed by atoms with E-state index >= 15 is 0 Å². The van der Waals surface area contributed by atoms with Gasteiger partial charge in [-0.25, -0.2) is 9.59 Å². The Morgan fingerprint density at radius 3 is 2.36 bits per heavy atom. The summed E-state index contributed by atoms with van der Waals surface area (Å²) in [5.41, 5.74) is -2.33. The number of halogens is 3. The molecule has 4 nitrogen and oxygen atoms in total. The first-order valence-corrected chi connectivity index (χ1v) is 3.27. The molecule has 0 saturated carbocycles. The summed E-state index contributed by atoms with van der Waals surface area (Å²) >= 11 is 0. The average Bonchev–Trinajstić information content (AvgIpc) is 2.01. The lowest BCUT2D eigenvalue weighted by Crippen LogP contribution is -2.16. The molecule has 1 aromatic heterocycles. The van der Waals surface area contributed by atoms with E-state index in [0.717, 1.165) is 0 Å². The van der Waals surface area contributed by atoms with Gasteiger partial charge in [0.1, 0.15) is 5.56 Å². The van der Waals surface area contributed by atoms with Gasteiger partial charge in [-0.1, -0.05) is 0 Å². The van der Waals surface area contributed by atoms with Crippen molar-refractivity contribution in [3.05, 3.63) is 33.9 Å². The van der Waals surface area contributed by atoms with Crippen molar-refractivity contribution in [2.75, 3.05) is 0 Å². The number of carbonyl (C=O) groups is 1. The van der Waals surface area contributed by atoms with Crippen LogP contribution in [-0.2, 0) is 6.18 Å². The highest BCUT2D eigenvalue weighted by Crippen LogP contribution is 2.30. The highest BCUT2D eigenvalue weighted by atomic mass is 19.4. The lowest BCUT2D eigenvalue weighted by atomic mass is 10.2. The van der Waals surface area contributed by atoms with Crippen LogP contribution in [0.1, 0.15) is 16.1 Å². The fourth-order valence-corrected chi connectivity index (χ4v) is 0.796. The Balaban J connectivity index is 3.45. The predicted octanol–water partition coefficient (Wildman–Crippen LogP) is 1.36. The number of hydrogen-bond donors (Lipinski definition) is 1. The van der Waals surface area contributed by atoms with Crippen molar-refractivity contribution in [2.45, 2.75) is 6.18 Å². The second-order valence-electron chi connectivity index (χ2n) is 2.30. The van der Waals surface area contributed by atoms with Crippen LogP contribution in [0.15, 0.2) is 21.3 Å².